The van der Waals surface area contributed by atoms with Gasteiger partial charge < -0.3 is 5.32 Å². The Balaban J connectivity index is 2.23. The van der Waals surface area contributed by atoms with Crippen LogP contribution in [-0.2, 0) is 10.8 Å². The number of hydrogen-bond acceptors (Lipinski definition) is 2. The van der Waals surface area contributed by atoms with Gasteiger partial charge in [0.1, 0.15) is 0 Å². The molecular weight excluding hydrogens is 230 g/mol. The van der Waals surface area contributed by atoms with Crippen molar-refractivity contribution in [2.24, 2.45) is 0 Å². The molecule has 4 unspecified atom stereocenters. The molecule has 1 saturated heterocycles. The van der Waals surface area contributed by atoms with Crippen LogP contribution < -0.4 is 5.32 Å². The molecule has 1 N–H and O–H groups in total. The minimum Gasteiger partial charge on any atom is -0.305 e. The monoisotopic (exact) mass is 251 g/mol. The molecule has 1 fully saturated rings. The fraction of sp³-hybridized carbons (Fsp3) is 0.571. The Morgan fingerprint density at radius 3 is 2.59 bits per heavy atom. The summed E-state index contributed by atoms with van der Waals surface area (Å²) in [5, 5.41) is 3.82. The molecule has 94 valence electrons. The topological polar surface area (TPSA) is 29.1 Å². The van der Waals surface area contributed by atoms with E-state index < -0.39 is 10.8 Å². The van der Waals surface area contributed by atoms with E-state index in [9.17, 15) is 4.21 Å². The van der Waals surface area contributed by atoms with Crippen LogP contribution in [0.3, 0.4) is 0 Å². The molecule has 0 amide bonds. The first-order valence-electron chi connectivity index (χ1n) is 6.31. The lowest BCUT2D eigenvalue weighted by Crippen LogP contribution is -2.48. The van der Waals surface area contributed by atoms with E-state index in [0.29, 0.717) is 6.04 Å². The largest absolute Gasteiger partial charge is 0.305 e. The summed E-state index contributed by atoms with van der Waals surface area (Å²) >= 11 is 0. The second-order valence-electron chi connectivity index (χ2n) is 4.91. The van der Waals surface area contributed by atoms with Gasteiger partial charge in [-0.2, -0.15) is 0 Å². The van der Waals surface area contributed by atoms with E-state index in [1.54, 1.807) is 0 Å². The molecule has 1 aromatic carbocycles. The van der Waals surface area contributed by atoms with Gasteiger partial charge in [0.05, 0.1) is 5.25 Å². The number of nitrogens with one attached hydrogen (secondary N) is 1. The van der Waals surface area contributed by atoms with Crippen LogP contribution in [0.2, 0.25) is 0 Å². The molecule has 0 bridgehead atoms. The van der Waals surface area contributed by atoms with Crippen molar-refractivity contribution in [3.63, 3.8) is 0 Å². The molecule has 17 heavy (non-hydrogen) atoms. The summed E-state index contributed by atoms with van der Waals surface area (Å²) in [7, 11) is -0.713. The Kier molecular flexibility index (Phi) is 4.00. The van der Waals surface area contributed by atoms with Crippen molar-refractivity contribution >= 4 is 10.8 Å². The first-order valence-corrected chi connectivity index (χ1v) is 7.69. The third-order valence-corrected chi connectivity index (χ3v) is 5.43. The van der Waals surface area contributed by atoms with Crippen molar-refractivity contribution in [1.29, 1.82) is 0 Å². The summed E-state index contributed by atoms with van der Waals surface area (Å²) in [4.78, 5) is 0. The van der Waals surface area contributed by atoms with Gasteiger partial charge in [-0.05, 0) is 25.8 Å². The van der Waals surface area contributed by atoms with Crippen LogP contribution in [0.15, 0.2) is 24.3 Å². The predicted molar refractivity (Wildman–Crippen MR) is 73.6 cm³/mol. The van der Waals surface area contributed by atoms with E-state index in [1.807, 2.05) is 0 Å². The maximum atomic E-state index is 12.1. The Morgan fingerprint density at radius 1 is 1.35 bits per heavy atom. The molecule has 0 aliphatic carbocycles. The van der Waals surface area contributed by atoms with Crippen LogP contribution >= 0.6 is 0 Å². The molecule has 2 nitrogen and oxygen atoms in total. The lowest BCUT2D eigenvalue weighted by atomic mass is 10.0. The normalized spacial score (nSPS) is 33.6. The summed E-state index contributed by atoms with van der Waals surface area (Å²) in [5.41, 5.74) is 2.53. The van der Waals surface area contributed by atoms with Crippen LogP contribution in [0.5, 0.6) is 0 Å². The molecule has 4 atom stereocenters. The fourth-order valence-corrected chi connectivity index (χ4v) is 3.89. The first kappa shape index (κ1) is 12.8. The zero-order chi connectivity index (χ0) is 12.4. The summed E-state index contributed by atoms with van der Waals surface area (Å²) in [6.45, 7) is 6.32. The summed E-state index contributed by atoms with van der Waals surface area (Å²) in [6.07, 6.45) is 1.04. The van der Waals surface area contributed by atoms with E-state index >= 15 is 0 Å². The van der Waals surface area contributed by atoms with Gasteiger partial charge in [0, 0.05) is 28.6 Å². The third-order valence-electron chi connectivity index (χ3n) is 3.59. The molecule has 0 saturated carbocycles. The van der Waals surface area contributed by atoms with E-state index in [4.69, 9.17) is 0 Å². The van der Waals surface area contributed by atoms with Crippen molar-refractivity contribution in [2.45, 2.75) is 44.5 Å². The zero-order valence-electron chi connectivity index (χ0n) is 10.8. The van der Waals surface area contributed by atoms with E-state index in [-0.39, 0.29) is 11.3 Å². The highest BCUT2D eigenvalue weighted by molar-refractivity contribution is 7.85. The standard InChI is InChI=1S/C14H21NOS/c1-4-13-9-17(16)11(3)14(15-13)12-7-5-10(2)6-8-12/h5-8,11,13-15H,4,9H2,1-3H3. The van der Waals surface area contributed by atoms with Crippen LogP contribution in [0.25, 0.3) is 0 Å². The Bertz CT molecular complexity index is 401. The molecule has 1 aliphatic heterocycles. The molecule has 0 spiro atoms. The van der Waals surface area contributed by atoms with Gasteiger partial charge in [0.15, 0.2) is 0 Å². The second kappa shape index (κ2) is 5.32. The molecule has 3 heteroatoms. The highest BCUT2D eigenvalue weighted by Gasteiger charge is 2.32. The van der Waals surface area contributed by atoms with Gasteiger partial charge in [-0.15, -0.1) is 0 Å². The van der Waals surface area contributed by atoms with E-state index in [0.717, 1.165) is 12.2 Å². The summed E-state index contributed by atoms with van der Waals surface area (Å²) < 4.78 is 12.1. The summed E-state index contributed by atoms with van der Waals surface area (Å²) in [5.74, 6) is 0.792. The van der Waals surface area contributed by atoms with Gasteiger partial charge in [-0.3, -0.25) is 4.21 Å². The van der Waals surface area contributed by atoms with Crippen LogP contribution in [-0.4, -0.2) is 21.3 Å². The van der Waals surface area contributed by atoms with Crippen molar-refractivity contribution in [2.75, 3.05) is 5.75 Å². The average Bonchev–Trinajstić information content (AvgIpc) is 2.34. The van der Waals surface area contributed by atoms with Gasteiger partial charge >= 0.3 is 0 Å². The van der Waals surface area contributed by atoms with Gasteiger partial charge in [-0.25, -0.2) is 0 Å². The Hall–Kier alpha value is -0.670. The number of rotatable bonds is 2. The Labute approximate surface area is 106 Å². The minimum atomic E-state index is -0.713. The maximum absolute atomic E-state index is 12.1. The highest BCUT2D eigenvalue weighted by Crippen LogP contribution is 2.26. The Morgan fingerprint density at radius 2 is 2.00 bits per heavy atom. The quantitative estimate of drug-likeness (QED) is 0.875. The van der Waals surface area contributed by atoms with Crippen molar-refractivity contribution < 1.29 is 4.21 Å². The van der Waals surface area contributed by atoms with Gasteiger partial charge in [-0.1, -0.05) is 36.8 Å². The van der Waals surface area contributed by atoms with Crippen LogP contribution in [0.1, 0.15) is 37.4 Å². The van der Waals surface area contributed by atoms with Gasteiger partial charge in [0.25, 0.3) is 0 Å². The van der Waals surface area contributed by atoms with Gasteiger partial charge in [0.2, 0.25) is 0 Å². The molecule has 0 radical (unpaired) electrons. The molecule has 2 rings (SSSR count). The number of aryl methyl sites for hydroxylation is 1. The zero-order valence-corrected chi connectivity index (χ0v) is 11.6. The van der Waals surface area contributed by atoms with Crippen molar-refractivity contribution in [1.82, 2.24) is 5.32 Å². The molecule has 1 aliphatic rings. The molecule has 1 heterocycles. The van der Waals surface area contributed by atoms with E-state index in [1.165, 1.54) is 11.1 Å². The molecule has 0 aromatic heterocycles. The second-order valence-corrected chi connectivity index (χ2v) is 6.75. The summed E-state index contributed by atoms with van der Waals surface area (Å²) in [6, 6.07) is 9.18. The maximum Gasteiger partial charge on any atom is 0.0515 e. The highest BCUT2D eigenvalue weighted by atomic mass is 32.2. The third kappa shape index (κ3) is 2.78. The molecular formula is C14H21NOS. The fourth-order valence-electron chi connectivity index (χ4n) is 2.32. The SMILES string of the molecule is CCC1CS(=O)C(C)C(c2ccc(C)cc2)N1. The molecule has 1 aromatic rings. The lowest BCUT2D eigenvalue weighted by molar-refractivity contribution is 0.421. The van der Waals surface area contributed by atoms with Crippen molar-refractivity contribution in [3.8, 4) is 0 Å². The van der Waals surface area contributed by atoms with Crippen LogP contribution in [0, 0.1) is 6.92 Å². The smallest absolute Gasteiger partial charge is 0.0515 e. The average molecular weight is 251 g/mol. The first-order chi connectivity index (χ1) is 8.11. The lowest BCUT2D eigenvalue weighted by Gasteiger charge is -2.35. The number of hydrogen-bond donors (Lipinski definition) is 1. The number of benzene rings is 1. The minimum absolute atomic E-state index is 0.195. The predicted octanol–water partition coefficient (Wildman–Crippen LogP) is 2.56. The van der Waals surface area contributed by atoms with E-state index in [2.05, 4.69) is 50.4 Å². The van der Waals surface area contributed by atoms with Crippen LogP contribution in [0.4, 0.5) is 0 Å². The van der Waals surface area contributed by atoms with Crippen molar-refractivity contribution in [3.05, 3.63) is 35.4 Å².